The van der Waals surface area contributed by atoms with Crippen LogP contribution in [-0.4, -0.2) is 17.3 Å². The summed E-state index contributed by atoms with van der Waals surface area (Å²) in [6.07, 6.45) is 4.02. The highest BCUT2D eigenvalue weighted by Gasteiger charge is 2.33. The van der Waals surface area contributed by atoms with Gasteiger partial charge >= 0.3 is 0 Å². The predicted octanol–water partition coefficient (Wildman–Crippen LogP) is 3.07. The molecule has 0 radical (unpaired) electrons. The molecule has 1 aliphatic rings. The van der Waals surface area contributed by atoms with Crippen molar-refractivity contribution in [2.45, 2.75) is 45.1 Å². The van der Waals surface area contributed by atoms with Crippen molar-refractivity contribution in [2.75, 3.05) is 17.7 Å². The summed E-state index contributed by atoms with van der Waals surface area (Å²) in [5.41, 5.74) is 7.24. The molecule has 3 nitrogen and oxygen atoms in total. The Labute approximate surface area is 114 Å². The van der Waals surface area contributed by atoms with Gasteiger partial charge in [-0.25, -0.2) is 4.39 Å². The number of nitrogen functional groups attached to an aromatic ring is 1. The third kappa shape index (κ3) is 3.00. The first-order valence-corrected chi connectivity index (χ1v) is 6.90. The number of aliphatic hydroxyl groups is 1. The molecular weight excluding hydrogens is 243 g/mol. The first-order chi connectivity index (χ1) is 8.96. The molecule has 0 aliphatic heterocycles. The first kappa shape index (κ1) is 14.1. The van der Waals surface area contributed by atoms with E-state index in [1.165, 1.54) is 6.07 Å². The second-order valence-corrected chi connectivity index (χ2v) is 5.93. The van der Waals surface area contributed by atoms with E-state index in [2.05, 4.69) is 12.2 Å². The minimum atomic E-state index is -0.315. The summed E-state index contributed by atoms with van der Waals surface area (Å²) in [5.74, 6) is 0.409. The Kier molecular flexibility index (Phi) is 3.99. The quantitative estimate of drug-likeness (QED) is 0.737. The van der Waals surface area contributed by atoms with Gasteiger partial charge in [0.2, 0.25) is 0 Å². The summed E-state index contributed by atoms with van der Waals surface area (Å²) in [6.45, 7) is 4.03. The van der Waals surface area contributed by atoms with Crippen LogP contribution < -0.4 is 11.1 Å². The number of aliphatic hydroxyl groups excluding tert-OH is 1. The maximum atomic E-state index is 13.4. The number of nitrogens with one attached hydrogen (secondary N) is 1. The van der Waals surface area contributed by atoms with Crippen LogP contribution in [0.3, 0.4) is 0 Å². The molecule has 4 N–H and O–H groups in total. The summed E-state index contributed by atoms with van der Waals surface area (Å²) in [4.78, 5) is 0. The van der Waals surface area contributed by atoms with Crippen molar-refractivity contribution in [3.8, 4) is 0 Å². The first-order valence-electron chi connectivity index (χ1n) is 6.90. The molecule has 0 atom stereocenters. The van der Waals surface area contributed by atoms with Crippen LogP contribution in [-0.2, 0) is 0 Å². The van der Waals surface area contributed by atoms with E-state index in [4.69, 9.17) is 5.73 Å². The predicted molar refractivity (Wildman–Crippen MR) is 76.6 cm³/mol. The van der Waals surface area contributed by atoms with Crippen molar-refractivity contribution in [2.24, 2.45) is 5.92 Å². The summed E-state index contributed by atoms with van der Waals surface area (Å²) >= 11 is 0. The summed E-state index contributed by atoms with van der Waals surface area (Å²) in [5, 5.41) is 13.1. The maximum absolute atomic E-state index is 13.4. The number of rotatable bonds is 3. The van der Waals surface area contributed by atoms with E-state index in [9.17, 15) is 9.50 Å². The van der Waals surface area contributed by atoms with Gasteiger partial charge in [0.1, 0.15) is 5.82 Å². The fraction of sp³-hybridized carbons (Fsp3) is 0.600. The van der Waals surface area contributed by atoms with Gasteiger partial charge in [-0.2, -0.15) is 0 Å². The second kappa shape index (κ2) is 5.37. The van der Waals surface area contributed by atoms with Gasteiger partial charge in [0.15, 0.2) is 0 Å². The number of halogens is 1. The third-order valence-corrected chi connectivity index (χ3v) is 4.26. The molecule has 1 fully saturated rings. The number of hydrogen-bond acceptors (Lipinski definition) is 3. The largest absolute Gasteiger partial charge is 0.397 e. The van der Waals surface area contributed by atoms with Gasteiger partial charge in [-0.15, -0.1) is 0 Å². The lowest BCUT2D eigenvalue weighted by atomic mass is 9.77. The van der Waals surface area contributed by atoms with Gasteiger partial charge in [0.05, 0.1) is 23.5 Å². The highest BCUT2D eigenvalue weighted by atomic mass is 19.1. The Hall–Kier alpha value is -1.29. The van der Waals surface area contributed by atoms with Crippen molar-refractivity contribution in [1.29, 1.82) is 0 Å². The van der Waals surface area contributed by atoms with Crippen molar-refractivity contribution in [3.05, 3.63) is 23.5 Å². The fourth-order valence-electron chi connectivity index (χ4n) is 2.73. The molecule has 0 bridgehead atoms. The molecule has 0 spiro atoms. The van der Waals surface area contributed by atoms with Crippen LogP contribution in [0.15, 0.2) is 12.1 Å². The van der Waals surface area contributed by atoms with E-state index in [1.54, 1.807) is 13.0 Å². The van der Waals surface area contributed by atoms with Crippen LogP contribution in [0.4, 0.5) is 15.8 Å². The summed E-state index contributed by atoms with van der Waals surface area (Å²) in [6, 6.07) is 3.06. The average molecular weight is 266 g/mol. The number of nitrogens with two attached hydrogens (primary N) is 1. The number of aryl methyl sites for hydroxylation is 1. The molecule has 0 unspecified atom stereocenters. The van der Waals surface area contributed by atoms with Crippen LogP contribution in [0.25, 0.3) is 0 Å². The molecule has 0 saturated heterocycles. The van der Waals surface area contributed by atoms with Gasteiger partial charge in [-0.05, 0) is 56.2 Å². The molecule has 1 aromatic carbocycles. The number of anilines is 2. The van der Waals surface area contributed by atoms with Crippen molar-refractivity contribution in [3.63, 3.8) is 0 Å². The topological polar surface area (TPSA) is 58.3 Å². The van der Waals surface area contributed by atoms with Crippen LogP contribution in [0.2, 0.25) is 0 Å². The van der Waals surface area contributed by atoms with Gasteiger partial charge in [0.25, 0.3) is 0 Å². The molecule has 1 aliphatic carbocycles. The lowest BCUT2D eigenvalue weighted by Gasteiger charge is -2.40. The lowest BCUT2D eigenvalue weighted by molar-refractivity contribution is 0.155. The van der Waals surface area contributed by atoms with Crippen LogP contribution in [0.1, 0.15) is 38.2 Å². The van der Waals surface area contributed by atoms with Gasteiger partial charge in [-0.3, -0.25) is 0 Å². The summed E-state index contributed by atoms with van der Waals surface area (Å²) in [7, 11) is 0. The van der Waals surface area contributed by atoms with E-state index in [0.29, 0.717) is 17.2 Å². The van der Waals surface area contributed by atoms with Gasteiger partial charge < -0.3 is 16.2 Å². The maximum Gasteiger partial charge on any atom is 0.128 e. The Morgan fingerprint density at radius 1 is 1.42 bits per heavy atom. The van der Waals surface area contributed by atoms with E-state index >= 15 is 0 Å². The summed E-state index contributed by atoms with van der Waals surface area (Å²) < 4.78 is 13.4. The molecule has 0 amide bonds. The zero-order valence-electron chi connectivity index (χ0n) is 11.7. The fourth-order valence-corrected chi connectivity index (χ4v) is 2.73. The minimum Gasteiger partial charge on any atom is -0.397 e. The number of hydrogen-bond donors (Lipinski definition) is 3. The van der Waals surface area contributed by atoms with Gasteiger partial charge in [-0.1, -0.05) is 6.92 Å². The Balaban J connectivity index is 2.21. The zero-order valence-corrected chi connectivity index (χ0v) is 11.7. The normalized spacial score (nSPS) is 27.3. The molecule has 1 saturated carbocycles. The Morgan fingerprint density at radius 3 is 2.63 bits per heavy atom. The van der Waals surface area contributed by atoms with E-state index in [1.807, 2.05) is 0 Å². The van der Waals surface area contributed by atoms with Crippen LogP contribution in [0.5, 0.6) is 0 Å². The van der Waals surface area contributed by atoms with Crippen LogP contribution >= 0.6 is 0 Å². The molecule has 2 rings (SSSR count). The van der Waals surface area contributed by atoms with E-state index in [-0.39, 0.29) is 18.0 Å². The van der Waals surface area contributed by atoms with Crippen molar-refractivity contribution < 1.29 is 9.50 Å². The molecule has 1 aromatic rings. The highest BCUT2D eigenvalue weighted by molar-refractivity contribution is 5.68. The number of benzene rings is 1. The SMILES string of the molecule is Cc1cc(NC2(CO)CCC(C)CC2)c(N)cc1F. The van der Waals surface area contributed by atoms with E-state index in [0.717, 1.165) is 31.4 Å². The minimum absolute atomic E-state index is 0.0790. The van der Waals surface area contributed by atoms with E-state index < -0.39 is 0 Å². The monoisotopic (exact) mass is 266 g/mol. The smallest absolute Gasteiger partial charge is 0.128 e. The third-order valence-electron chi connectivity index (χ3n) is 4.26. The highest BCUT2D eigenvalue weighted by Crippen LogP contribution is 2.36. The molecule has 106 valence electrons. The van der Waals surface area contributed by atoms with Gasteiger partial charge in [0, 0.05) is 0 Å². The molecular formula is C15H23FN2O. The average Bonchev–Trinajstić information content (AvgIpc) is 2.39. The second-order valence-electron chi connectivity index (χ2n) is 5.93. The zero-order chi connectivity index (χ0) is 14.0. The molecule has 0 aromatic heterocycles. The molecule has 19 heavy (non-hydrogen) atoms. The van der Waals surface area contributed by atoms with Crippen molar-refractivity contribution >= 4 is 11.4 Å². The van der Waals surface area contributed by atoms with Crippen molar-refractivity contribution in [1.82, 2.24) is 0 Å². The molecule has 4 heteroatoms. The van der Waals surface area contributed by atoms with Crippen LogP contribution in [0, 0.1) is 18.7 Å². The lowest BCUT2D eigenvalue weighted by Crippen LogP contribution is -2.45. The standard InChI is InChI=1S/C15H23FN2O/c1-10-3-5-15(9-19,6-4-10)18-14-7-11(2)12(16)8-13(14)17/h7-8,10,18-19H,3-6,9,17H2,1-2H3. The molecule has 0 heterocycles. The Morgan fingerprint density at radius 2 is 2.05 bits per heavy atom. The Bertz CT molecular complexity index is 454.